The van der Waals surface area contributed by atoms with Gasteiger partial charge in [0.05, 0.1) is 28.1 Å². The summed E-state index contributed by atoms with van der Waals surface area (Å²) in [6.45, 7) is 0. The summed E-state index contributed by atoms with van der Waals surface area (Å²) in [7, 11) is 0. The standard InChI is InChI=1S/C10H9Cl2N5/c11-6-2-1-3-7(10(6)12)15-8-4-14-5-9(16-8)17-13/h1-5H,13H2,(H2,15,16,17). The number of nitrogens with two attached hydrogens (primary N) is 1. The number of benzene rings is 1. The molecule has 88 valence electrons. The normalized spacial score (nSPS) is 10.1. The van der Waals surface area contributed by atoms with Crippen LogP contribution in [0.3, 0.4) is 0 Å². The predicted molar refractivity (Wildman–Crippen MR) is 69.6 cm³/mol. The Morgan fingerprint density at radius 1 is 1.12 bits per heavy atom. The molecule has 0 atom stereocenters. The molecule has 0 aliphatic carbocycles. The summed E-state index contributed by atoms with van der Waals surface area (Å²) >= 11 is 11.9. The second-order valence-corrected chi connectivity index (χ2v) is 3.95. The van der Waals surface area contributed by atoms with Gasteiger partial charge in [-0.05, 0) is 12.1 Å². The topological polar surface area (TPSA) is 75.9 Å². The number of halogens is 2. The van der Waals surface area contributed by atoms with Gasteiger partial charge in [0.15, 0.2) is 11.6 Å². The van der Waals surface area contributed by atoms with Crippen molar-refractivity contribution >= 4 is 40.5 Å². The Kier molecular flexibility index (Phi) is 3.63. The van der Waals surface area contributed by atoms with Crippen LogP contribution in [0.2, 0.25) is 10.0 Å². The largest absolute Gasteiger partial charge is 0.338 e. The molecule has 0 amide bonds. The summed E-state index contributed by atoms with van der Waals surface area (Å²) in [4.78, 5) is 8.11. The summed E-state index contributed by atoms with van der Waals surface area (Å²) in [5.74, 6) is 6.21. The molecule has 0 saturated heterocycles. The number of aromatic nitrogens is 2. The maximum absolute atomic E-state index is 6.03. The lowest BCUT2D eigenvalue weighted by Crippen LogP contribution is -2.09. The van der Waals surface area contributed by atoms with E-state index in [9.17, 15) is 0 Å². The van der Waals surface area contributed by atoms with Gasteiger partial charge in [-0.1, -0.05) is 29.3 Å². The molecule has 0 aliphatic rings. The lowest BCUT2D eigenvalue weighted by molar-refractivity contribution is 1.16. The van der Waals surface area contributed by atoms with Crippen molar-refractivity contribution in [2.45, 2.75) is 0 Å². The zero-order valence-electron chi connectivity index (χ0n) is 8.61. The van der Waals surface area contributed by atoms with Crippen molar-refractivity contribution in [3.05, 3.63) is 40.6 Å². The fourth-order valence-corrected chi connectivity index (χ4v) is 1.58. The Hall–Kier alpha value is -1.56. The quantitative estimate of drug-likeness (QED) is 0.590. The first-order chi connectivity index (χ1) is 8.20. The number of nitrogens with one attached hydrogen (secondary N) is 2. The highest BCUT2D eigenvalue weighted by Crippen LogP contribution is 2.31. The van der Waals surface area contributed by atoms with Crippen LogP contribution in [0.1, 0.15) is 0 Å². The zero-order valence-corrected chi connectivity index (χ0v) is 10.1. The molecule has 0 unspecified atom stereocenters. The molecule has 1 aromatic heterocycles. The number of hydrogen-bond acceptors (Lipinski definition) is 5. The van der Waals surface area contributed by atoms with Crippen LogP contribution in [0.25, 0.3) is 0 Å². The Morgan fingerprint density at radius 2 is 1.88 bits per heavy atom. The molecule has 17 heavy (non-hydrogen) atoms. The van der Waals surface area contributed by atoms with E-state index in [4.69, 9.17) is 29.0 Å². The van der Waals surface area contributed by atoms with Gasteiger partial charge in [0.25, 0.3) is 0 Å². The lowest BCUT2D eigenvalue weighted by Gasteiger charge is -2.08. The third kappa shape index (κ3) is 2.76. The minimum atomic E-state index is 0.432. The van der Waals surface area contributed by atoms with Gasteiger partial charge >= 0.3 is 0 Å². The number of nitrogen functional groups attached to an aromatic ring is 1. The molecule has 0 aliphatic heterocycles. The van der Waals surface area contributed by atoms with Gasteiger partial charge in [-0.3, -0.25) is 4.98 Å². The van der Waals surface area contributed by atoms with Crippen LogP contribution in [0.5, 0.6) is 0 Å². The van der Waals surface area contributed by atoms with Crippen LogP contribution in [-0.2, 0) is 0 Å². The molecular formula is C10H9Cl2N5. The highest BCUT2D eigenvalue weighted by molar-refractivity contribution is 6.43. The van der Waals surface area contributed by atoms with Crippen molar-refractivity contribution in [1.29, 1.82) is 0 Å². The monoisotopic (exact) mass is 269 g/mol. The third-order valence-electron chi connectivity index (χ3n) is 2.00. The SMILES string of the molecule is NNc1cncc(Nc2cccc(Cl)c2Cl)n1. The average molecular weight is 270 g/mol. The molecule has 0 fully saturated rings. The van der Waals surface area contributed by atoms with Crippen LogP contribution in [0.4, 0.5) is 17.3 Å². The van der Waals surface area contributed by atoms with E-state index < -0.39 is 0 Å². The van der Waals surface area contributed by atoms with Crippen LogP contribution in [-0.4, -0.2) is 9.97 Å². The molecular weight excluding hydrogens is 261 g/mol. The Balaban J connectivity index is 2.28. The van der Waals surface area contributed by atoms with Crippen molar-refractivity contribution in [3.8, 4) is 0 Å². The van der Waals surface area contributed by atoms with Gasteiger partial charge in [-0.2, -0.15) is 0 Å². The van der Waals surface area contributed by atoms with E-state index in [0.717, 1.165) is 0 Å². The Labute approximate surface area is 108 Å². The minimum absolute atomic E-state index is 0.432. The molecule has 0 radical (unpaired) electrons. The molecule has 0 spiro atoms. The predicted octanol–water partition coefficient (Wildman–Crippen LogP) is 2.81. The molecule has 7 heteroatoms. The lowest BCUT2D eigenvalue weighted by atomic mass is 10.3. The number of anilines is 3. The Bertz CT molecular complexity index is 532. The van der Waals surface area contributed by atoms with Crippen LogP contribution in [0, 0.1) is 0 Å². The van der Waals surface area contributed by atoms with Gasteiger partial charge in [-0.25, -0.2) is 10.8 Å². The van der Waals surface area contributed by atoms with E-state index in [0.29, 0.717) is 27.4 Å². The number of hydrazine groups is 1. The summed E-state index contributed by atoms with van der Waals surface area (Å²) in [6, 6.07) is 5.28. The molecule has 1 heterocycles. The molecule has 4 N–H and O–H groups in total. The van der Waals surface area contributed by atoms with Crippen molar-refractivity contribution in [2.75, 3.05) is 10.7 Å². The van der Waals surface area contributed by atoms with Crippen molar-refractivity contribution in [1.82, 2.24) is 9.97 Å². The van der Waals surface area contributed by atoms with E-state index in [1.54, 1.807) is 24.4 Å². The van der Waals surface area contributed by atoms with Crippen LogP contribution < -0.4 is 16.6 Å². The van der Waals surface area contributed by atoms with Crippen molar-refractivity contribution in [3.63, 3.8) is 0 Å². The van der Waals surface area contributed by atoms with Gasteiger partial charge in [0, 0.05) is 0 Å². The second-order valence-electron chi connectivity index (χ2n) is 3.16. The van der Waals surface area contributed by atoms with E-state index in [1.165, 1.54) is 6.20 Å². The van der Waals surface area contributed by atoms with Gasteiger partial charge < -0.3 is 10.7 Å². The first-order valence-corrected chi connectivity index (χ1v) is 5.46. The summed E-state index contributed by atoms with van der Waals surface area (Å²) in [5.41, 5.74) is 3.06. The van der Waals surface area contributed by atoms with E-state index >= 15 is 0 Å². The number of hydrogen-bond donors (Lipinski definition) is 3. The summed E-state index contributed by atoms with van der Waals surface area (Å²) < 4.78 is 0. The molecule has 0 bridgehead atoms. The highest BCUT2D eigenvalue weighted by atomic mass is 35.5. The molecule has 5 nitrogen and oxygen atoms in total. The summed E-state index contributed by atoms with van der Waals surface area (Å²) in [6.07, 6.45) is 3.06. The maximum Gasteiger partial charge on any atom is 0.160 e. The first kappa shape index (κ1) is 11.9. The van der Waals surface area contributed by atoms with Gasteiger partial charge in [-0.15, -0.1) is 0 Å². The molecule has 2 aromatic rings. The molecule has 1 aromatic carbocycles. The highest BCUT2D eigenvalue weighted by Gasteiger charge is 2.05. The smallest absolute Gasteiger partial charge is 0.160 e. The third-order valence-corrected chi connectivity index (χ3v) is 2.82. The van der Waals surface area contributed by atoms with E-state index in [2.05, 4.69) is 20.7 Å². The van der Waals surface area contributed by atoms with Crippen LogP contribution in [0.15, 0.2) is 30.6 Å². The maximum atomic E-state index is 6.03. The molecule has 0 saturated carbocycles. The van der Waals surface area contributed by atoms with Gasteiger partial charge in [0.2, 0.25) is 0 Å². The first-order valence-electron chi connectivity index (χ1n) is 4.70. The summed E-state index contributed by atoms with van der Waals surface area (Å²) in [5, 5.41) is 3.90. The van der Waals surface area contributed by atoms with Crippen molar-refractivity contribution in [2.24, 2.45) is 5.84 Å². The van der Waals surface area contributed by atoms with E-state index in [-0.39, 0.29) is 0 Å². The second kappa shape index (κ2) is 5.18. The average Bonchev–Trinajstić information content (AvgIpc) is 2.35. The fraction of sp³-hybridized carbons (Fsp3) is 0. The number of nitrogens with zero attached hydrogens (tertiary/aromatic N) is 2. The van der Waals surface area contributed by atoms with Crippen LogP contribution >= 0.6 is 23.2 Å². The Morgan fingerprint density at radius 3 is 2.65 bits per heavy atom. The number of rotatable bonds is 3. The van der Waals surface area contributed by atoms with Crippen molar-refractivity contribution < 1.29 is 0 Å². The van der Waals surface area contributed by atoms with E-state index in [1.807, 2.05) is 0 Å². The fourth-order valence-electron chi connectivity index (χ4n) is 1.23. The zero-order chi connectivity index (χ0) is 12.3. The minimum Gasteiger partial charge on any atom is -0.338 e. The molecule has 2 rings (SSSR count). The van der Waals surface area contributed by atoms with Gasteiger partial charge in [0.1, 0.15) is 0 Å².